The van der Waals surface area contributed by atoms with Crippen LogP contribution in [0.4, 0.5) is 5.69 Å². The molecule has 0 bridgehead atoms. The Morgan fingerprint density at radius 3 is 1.92 bits per heavy atom. The number of phenols is 1. The molecule has 2 amide bonds. The summed E-state index contributed by atoms with van der Waals surface area (Å²) < 4.78 is 12.5. The van der Waals surface area contributed by atoms with Gasteiger partial charge in [-0.05, 0) is 90.8 Å². The van der Waals surface area contributed by atoms with Crippen LogP contribution < -0.4 is 26.3 Å². The van der Waals surface area contributed by atoms with E-state index in [4.69, 9.17) is 8.83 Å². The van der Waals surface area contributed by atoms with Crippen LogP contribution in [0.15, 0.2) is 122 Å². The third-order valence-corrected chi connectivity index (χ3v) is 10.9. The number of carbonyl (C=O) groups excluding carboxylic acids is 2. The molecule has 65 heavy (non-hydrogen) atoms. The second kappa shape index (κ2) is 17.2. The summed E-state index contributed by atoms with van der Waals surface area (Å²) in [5.74, 6) is -5.29. The van der Waals surface area contributed by atoms with Crippen molar-refractivity contribution < 1.29 is 53.2 Å². The summed E-state index contributed by atoms with van der Waals surface area (Å²) in [6.07, 6.45) is 0. The van der Waals surface area contributed by atoms with Gasteiger partial charge in [0.25, 0.3) is 5.91 Å². The van der Waals surface area contributed by atoms with E-state index in [0.717, 1.165) is 11.8 Å². The van der Waals surface area contributed by atoms with Gasteiger partial charge in [-0.1, -0.05) is 12.1 Å². The molecule has 0 saturated carbocycles. The van der Waals surface area contributed by atoms with Crippen molar-refractivity contribution in [2.75, 3.05) is 32.1 Å². The first kappa shape index (κ1) is 42.9. The zero-order valence-electron chi connectivity index (χ0n) is 34.9. The maximum absolute atomic E-state index is 13.5. The second-order valence-corrected chi connectivity index (χ2v) is 15.2. The zero-order chi connectivity index (χ0) is 46.3. The molecule has 2 aliphatic carbocycles. The third kappa shape index (κ3) is 8.18. The van der Waals surface area contributed by atoms with E-state index in [0.29, 0.717) is 50.7 Å². The summed E-state index contributed by atoms with van der Waals surface area (Å²) in [5, 5.41) is 47.2. The Bertz CT molecular complexity index is 3370. The molecule has 0 unspecified atom stereocenters. The maximum Gasteiger partial charge on any atom is 0.336 e. The Labute approximate surface area is 368 Å². The normalized spacial score (nSPS) is 11.6. The van der Waals surface area contributed by atoms with Crippen molar-refractivity contribution in [1.82, 2.24) is 10.6 Å². The SMILES string of the molecule is CC/N=c1/ccc2c(-c3ccc(C(=O)NCC(=O)NCc4c5oc6cc(O)ccc6c(-c6ccc(C(=O)O)cc6C(=O)O)c-5ccc4=O)cc3C(=O)O)c3ccc(N(C)C)cc3oc-2c1. The van der Waals surface area contributed by atoms with E-state index in [1.54, 1.807) is 6.07 Å². The number of carbonyl (C=O) groups is 5. The Kier molecular flexibility index (Phi) is 11.3. The average Bonchev–Trinajstić information content (AvgIpc) is 3.28. The average molecular weight is 875 g/mol. The molecular formula is C49H38N4O12. The van der Waals surface area contributed by atoms with E-state index in [1.165, 1.54) is 60.7 Å². The monoisotopic (exact) mass is 874 g/mol. The standard InChI is InChI=1S/C49H38N4O12/c1-4-50-26-7-12-31-39(19-26)64-40-20-27(53(2)3)8-13-32(40)43(31)29-10-5-24(17-35(29)48(60)61)46(57)52-23-42(56)51-22-37-38(55)16-15-34-44(33-14-9-28(54)21-41(33)65-45(34)37)30-11-6-25(47(58)59)18-36(30)49(62)63/h5-21,54H,4,22-23H2,1-3H3,(H,51,56)(H,52,57)(H,58,59)(H,60,61)(H,62,63)/b50-26-. The summed E-state index contributed by atoms with van der Waals surface area (Å²) in [6.45, 7) is 1.47. The smallest absolute Gasteiger partial charge is 0.336 e. The van der Waals surface area contributed by atoms with Crippen LogP contribution in [0.1, 0.15) is 53.9 Å². The van der Waals surface area contributed by atoms with Crippen LogP contribution in [-0.4, -0.2) is 77.3 Å². The molecule has 8 rings (SSSR count). The Hall–Kier alpha value is -8.79. The van der Waals surface area contributed by atoms with Gasteiger partial charge in [-0.3, -0.25) is 19.4 Å². The molecule has 0 fully saturated rings. The van der Waals surface area contributed by atoms with Gasteiger partial charge >= 0.3 is 17.9 Å². The number of benzene rings is 6. The molecule has 326 valence electrons. The zero-order valence-corrected chi connectivity index (χ0v) is 34.9. The molecule has 4 aromatic carbocycles. The quantitative estimate of drug-likeness (QED) is 0.0684. The summed E-state index contributed by atoms with van der Waals surface area (Å²) in [4.78, 5) is 83.5. The van der Waals surface area contributed by atoms with Crippen molar-refractivity contribution in [1.29, 1.82) is 0 Å². The van der Waals surface area contributed by atoms with Gasteiger partial charge in [0, 0.05) is 83.1 Å². The molecule has 16 nitrogen and oxygen atoms in total. The predicted octanol–water partition coefficient (Wildman–Crippen LogP) is 6.92. The van der Waals surface area contributed by atoms with Gasteiger partial charge in [0.15, 0.2) is 5.43 Å². The molecular weight excluding hydrogens is 837 g/mol. The molecule has 16 heteroatoms. The molecule has 0 atom stereocenters. The number of nitrogens with one attached hydrogen (secondary N) is 2. The molecule has 6 N–H and O–H groups in total. The molecule has 2 heterocycles. The predicted molar refractivity (Wildman–Crippen MR) is 240 cm³/mol. The van der Waals surface area contributed by atoms with Crippen LogP contribution in [0.25, 0.3) is 66.8 Å². The Balaban J connectivity index is 1.07. The van der Waals surface area contributed by atoms with E-state index in [2.05, 4.69) is 15.6 Å². The first-order chi connectivity index (χ1) is 31.1. The van der Waals surface area contributed by atoms with Gasteiger partial charge in [-0.25, -0.2) is 14.4 Å². The highest BCUT2D eigenvalue weighted by Crippen LogP contribution is 2.44. The third-order valence-electron chi connectivity index (χ3n) is 10.9. The maximum atomic E-state index is 13.5. The summed E-state index contributed by atoms with van der Waals surface area (Å²) in [6, 6.07) is 25.6. The molecule has 0 radical (unpaired) electrons. The summed E-state index contributed by atoms with van der Waals surface area (Å²) in [5.41, 5.74) is 2.15. The fourth-order valence-corrected chi connectivity index (χ4v) is 7.82. The van der Waals surface area contributed by atoms with Crippen molar-refractivity contribution in [3.05, 3.63) is 147 Å². The van der Waals surface area contributed by atoms with E-state index < -0.39 is 48.2 Å². The van der Waals surface area contributed by atoms with E-state index in [1.807, 2.05) is 56.3 Å². The molecule has 0 aromatic heterocycles. The van der Waals surface area contributed by atoms with Gasteiger partial charge < -0.3 is 44.8 Å². The van der Waals surface area contributed by atoms with E-state index >= 15 is 0 Å². The van der Waals surface area contributed by atoms with Gasteiger partial charge in [0.2, 0.25) is 5.91 Å². The number of nitrogens with zero attached hydrogens (tertiary/aromatic N) is 2. The van der Waals surface area contributed by atoms with Gasteiger partial charge in [-0.2, -0.15) is 0 Å². The number of hydrogen-bond donors (Lipinski definition) is 6. The number of anilines is 1. The number of hydrogen-bond acceptors (Lipinski definition) is 11. The summed E-state index contributed by atoms with van der Waals surface area (Å²) >= 11 is 0. The molecule has 0 spiro atoms. The minimum Gasteiger partial charge on any atom is -0.508 e. The molecule has 4 aliphatic rings. The lowest BCUT2D eigenvalue weighted by Gasteiger charge is -2.19. The van der Waals surface area contributed by atoms with Crippen molar-refractivity contribution in [3.8, 4) is 50.7 Å². The van der Waals surface area contributed by atoms with Crippen LogP contribution in [0.2, 0.25) is 0 Å². The van der Waals surface area contributed by atoms with E-state index in [9.17, 15) is 49.2 Å². The fourth-order valence-electron chi connectivity index (χ4n) is 7.82. The van der Waals surface area contributed by atoms with Gasteiger partial charge in [0.1, 0.15) is 28.4 Å². The lowest BCUT2D eigenvalue weighted by atomic mass is 9.88. The minimum absolute atomic E-state index is 0.0402. The highest BCUT2D eigenvalue weighted by molar-refractivity contribution is 6.11. The molecule has 4 aromatic rings. The number of aromatic hydroxyl groups is 1. The highest BCUT2D eigenvalue weighted by atomic mass is 16.4. The van der Waals surface area contributed by atoms with E-state index in [-0.39, 0.29) is 61.6 Å². The van der Waals surface area contributed by atoms with Gasteiger partial charge in [0.05, 0.1) is 40.7 Å². The van der Waals surface area contributed by atoms with Gasteiger partial charge in [-0.15, -0.1) is 0 Å². The van der Waals surface area contributed by atoms with Crippen molar-refractivity contribution in [2.24, 2.45) is 4.99 Å². The van der Waals surface area contributed by atoms with Crippen LogP contribution in [0.3, 0.4) is 0 Å². The first-order valence-electron chi connectivity index (χ1n) is 20.1. The highest BCUT2D eigenvalue weighted by Gasteiger charge is 2.27. The van der Waals surface area contributed by atoms with Crippen molar-refractivity contribution in [2.45, 2.75) is 13.5 Å². The summed E-state index contributed by atoms with van der Waals surface area (Å²) in [7, 11) is 3.78. The largest absolute Gasteiger partial charge is 0.508 e. The number of amides is 2. The fraction of sp³-hybridized carbons (Fsp3) is 0.122. The number of rotatable bonds is 12. The minimum atomic E-state index is -1.42. The van der Waals surface area contributed by atoms with Crippen molar-refractivity contribution in [3.63, 3.8) is 0 Å². The number of fused-ring (bicyclic) bond motifs is 4. The Morgan fingerprint density at radius 2 is 1.26 bits per heavy atom. The first-order valence-corrected chi connectivity index (χ1v) is 20.1. The number of aromatic carboxylic acids is 3. The lowest BCUT2D eigenvalue weighted by Crippen LogP contribution is -2.37. The molecule has 2 aliphatic heterocycles. The van der Waals surface area contributed by atoms with Crippen molar-refractivity contribution >= 4 is 57.3 Å². The lowest BCUT2D eigenvalue weighted by molar-refractivity contribution is -0.120. The Morgan fingerprint density at radius 1 is 0.646 bits per heavy atom. The van der Waals surface area contributed by atoms with Crippen LogP contribution in [0, 0.1) is 0 Å². The molecule has 0 saturated heterocycles. The second-order valence-electron chi connectivity index (χ2n) is 15.2. The number of carboxylic acids is 3. The number of phenolic OH excluding ortho intramolecular Hbond substituents is 1. The number of carboxylic acid groups (broad SMARTS) is 3. The topological polar surface area (TPSA) is 249 Å². The van der Waals surface area contributed by atoms with Crippen LogP contribution in [0.5, 0.6) is 5.75 Å². The van der Waals surface area contributed by atoms with Crippen LogP contribution >= 0.6 is 0 Å². The van der Waals surface area contributed by atoms with Crippen LogP contribution in [-0.2, 0) is 11.3 Å².